The van der Waals surface area contributed by atoms with E-state index in [4.69, 9.17) is 23.2 Å². The van der Waals surface area contributed by atoms with Crippen molar-refractivity contribution < 1.29 is 4.79 Å². The van der Waals surface area contributed by atoms with Crippen LogP contribution in [-0.4, -0.2) is 10.8 Å². The molecule has 0 unspecified atom stereocenters. The van der Waals surface area contributed by atoms with Crippen LogP contribution >= 0.6 is 23.2 Å². The maximum Gasteiger partial charge on any atom is 0.182 e. The van der Waals surface area contributed by atoms with Gasteiger partial charge in [0.1, 0.15) is 5.69 Å². The molecule has 16 heavy (non-hydrogen) atoms. The summed E-state index contributed by atoms with van der Waals surface area (Å²) in [4.78, 5) is 15.7. The van der Waals surface area contributed by atoms with Gasteiger partial charge in [-0.2, -0.15) is 0 Å². The van der Waals surface area contributed by atoms with Crippen LogP contribution in [0.25, 0.3) is 0 Å². The van der Waals surface area contributed by atoms with Gasteiger partial charge in [-0.3, -0.25) is 9.78 Å². The fourth-order valence-electron chi connectivity index (χ4n) is 1.45. The van der Waals surface area contributed by atoms with Crippen molar-refractivity contribution in [2.24, 2.45) is 0 Å². The summed E-state index contributed by atoms with van der Waals surface area (Å²) in [7, 11) is 0. The maximum absolute atomic E-state index is 11.7. The molecule has 2 nitrogen and oxygen atoms in total. The summed E-state index contributed by atoms with van der Waals surface area (Å²) in [5.41, 5.74) is 0.336. The first-order chi connectivity index (χ1) is 7.65. The molecule has 0 bridgehead atoms. The van der Waals surface area contributed by atoms with E-state index in [1.54, 1.807) is 6.07 Å². The lowest BCUT2D eigenvalue weighted by Gasteiger charge is -2.02. The van der Waals surface area contributed by atoms with Crippen LogP contribution in [-0.2, 0) is 0 Å². The minimum Gasteiger partial charge on any atom is -0.292 e. The molecular formula is C12H15Cl2NO. The SMILES string of the molecule is CCCCCCC(=O)c1ncc(Cl)cc1Cl. The van der Waals surface area contributed by atoms with Crippen LogP contribution in [0, 0.1) is 0 Å². The van der Waals surface area contributed by atoms with Gasteiger partial charge in [0.05, 0.1) is 10.0 Å². The lowest BCUT2D eigenvalue weighted by atomic mass is 10.1. The van der Waals surface area contributed by atoms with Crippen LogP contribution in [0.1, 0.15) is 49.5 Å². The van der Waals surface area contributed by atoms with Crippen LogP contribution in [0.15, 0.2) is 12.3 Å². The van der Waals surface area contributed by atoms with Gasteiger partial charge in [-0.15, -0.1) is 0 Å². The van der Waals surface area contributed by atoms with Crippen molar-refractivity contribution in [3.63, 3.8) is 0 Å². The zero-order chi connectivity index (χ0) is 12.0. The Balaban J connectivity index is 2.53. The molecule has 0 spiro atoms. The van der Waals surface area contributed by atoms with Gasteiger partial charge in [-0.1, -0.05) is 49.4 Å². The highest BCUT2D eigenvalue weighted by atomic mass is 35.5. The second-order valence-electron chi connectivity index (χ2n) is 3.72. The van der Waals surface area contributed by atoms with Crippen LogP contribution in [0.4, 0.5) is 0 Å². The molecule has 0 aliphatic heterocycles. The number of aromatic nitrogens is 1. The second kappa shape index (κ2) is 6.87. The van der Waals surface area contributed by atoms with E-state index in [1.807, 2.05) is 0 Å². The van der Waals surface area contributed by atoms with Crippen molar-refractivity contribution in [2.45, 2.75) is 39.0 Å². The fourth-order valence-corrected chi connectivity index (χ4v) is 1.94. The Morgan fingerprint density at radius 1 is 1.31 bits per heavy atom. The summed E-state index contributed by atoms with van der Waals surface area (Å²) in [6.07, 6.45) is 6.25. The summed E-state index contributed by atoms with van der Waals surface area (Å²) in [6, 6.07) is 1.55. The molecule has 0 amide bonds. The molecule has 0 atom stereocenters. The summed E-state index contributed by atoms with van der Waals surface area (Å²) >= 11 is 11.6. The Morgan fingerprint density at radius 2 is 2.06 bits per heavy atom. The number of pyridine rings is 1. The van der Waals surface area contributed by atoms with E-state index in [2.05, 4.69) is 11.9 Å². The Labute approximate surface area is 106 Å². The predicted octanol–water partition coefficient (Wildman–Crippen LogP) is 4.54. The number of carbonyl (C=O) groups is 1. The van der Waals surface area contributed by atoms with E-state index < -0.39 is 0 Å². The highest BCUT2D eigenvalue weighted by molar-refractivity contribution is 6.36. The fraction of sp³-hybridized carbons (Fsp3) is 0.500. The molecule has 1 rings (SSSR count). The average Bonchev–Trinajstić information content (AvgIpc) is 2.24. The van der Waals surface area contributed by atoms with E-state index in [9.17, 15) is 4.79 Å². The Kier molecular flexibility index (Phi) is 5.78. The molecule has 0 aliphatic rings. The molecule has 0 saturated carbocycles. The molecular weight excluding hydrogens is 245 g/mol. The molecule has 1 heterocycles. The van der Waals surface area contributed by atoms with Crippen LogP contribution < -0.4 is 0 Å². The molecule has 0 aromatic carbocycles. The zero-order valence-corrected chi connectivity index (χ0v) is 10.8. The zero-order valence-electron chi connectivity index (χ0n) is 9.30. The van der Waals surface area contributed by atoms with Gasteiger partial charge in [0, 0.05) is 12.6 Å². The highest BCUT2D eigenvalue weighted by Crippen LogP contribution is 2.20. The second-order valence-corrected chi connectivity index (χ2v) is 4.56. The van der Waals surface area contributed by atoms with Gasteiger partial charge >= 0.3 is 0 Å². The number of hydrogen-bond donors (Lipinski definition) is 0. The lowest BCUT2D eigenvalue weighted by molar-refractivity contribution is 0.0974. The number of rotatable bonds is 6. The van der Waals surface area contributed by atoms with E-state index in [0.717, 1.165) is 25.7 Å². The number of ketones is 1. The summed E-state index contributed by atoms with van der Waals surface area (Å²) < 4.78 is 0. The molecule has 0 N–H and O–H groups in total. The largest absolute Gasteiger partial charge is 0.292 e. The average molecular weight is 260 g/mol. The molecule has 88 valence electrons. The maximum atomic E-state index is 11.7. The van der Waals surface area contributed by atoms with Gasteiger partial charge in [-0.25, -0.2) is 0 Å². The van der Waals surface area contributed by atoms with Gasteiger partial charge in [0.2, 0.25) is 0 Å². The summed E-state index contributed by atoms with van der Waals surface area (Å²) in [5.74, 6) is -0.00207. The number of halogens is 2. The smallest absolute Gasteiger partial charge is 0.182 e. The normalized spacial score (nSPS) is 10.4. The molecule has 1 aromatic rings. The first-order valence-corrected chi connectivity index (χ1v) is 6.25. The first-order valence-electron chi connectivity index (χ1n) is 5.49. The van der Waals surface area contributed by atoms with Crippen LogP contribution in [0.5, 0.6) is 0 Å². The van der Waals surface area contributed by atoms with Gasteiger partial charge in [0.25, 0.3) is 0 Å². The van der Waals surface area contributed by atoms with Crippen molar-refractivity contribution in [1.82, 2.24) is 4.98 Å². The molecule has 0 fully saturated rings. The van der Waals surface area contributed by atoms with Crippen molar-refractivity contribution >= 4 is 29.0 Å². The summed E-state index contributed by atoms with van der Waals surface area (Å²) in [5, 5.41) is 0.792. The lowest BCUT2D eigenvalue weighted by Crippen LogP contribution is -2.03. The molecule has 0 aliphatic carbocycles. The monoisotopic (exact) mass is 259 g/mol. The topological polar surface area (TPSA) is 30.0 Å². The number of hydrogen-bond acceptors (Lipinski definition) is 2. The third-order valence-corrected chi connectivity index (χ3v) is 2.82. The molecule has 1 aromatic heterocycles. The Morgan fingerprint density at radius 3 is 2.69 bits per heavy atom. The van der Waals surface area contributed by atoms with Gasteiger partial charge in [0.15, 0.2) is 5.78 Å². The first kappa shape index (κ1) is 13.5. The Hall–Kier alpha value is -0.600. The minimum atomic E-state index is -0.00207. The van der Waals surface area contributed by atoms with E-state index >= 15 is 0 Å². The Bertz CT molecular complexity index is 366. The third kappa shape index (κ3) is 4.11. The van der Waals surface area contributed by atoms with Crippen LogP contribution in [0.3, 0.4) is 0 Å². The van der Waals surface area contributed by atoms with E-state index in [1.165, 1.54) is 6.20 Å². The van der Waals surface area contributed by atoms with Crippen molar-refractivity contribution in [1.29, 1.82) is 0 Å². The molecule has 0 radical (unpaired) electrons. The van der Waals surface area contributed by atoms with Gasteiger partial charge < -0.3 is 0 Å². The van der Waals surface area contributed by atoms with Crippen molar-refractivity contribution in [2.75, 3.05) is 0 Å². The van der Waals surface area contributed by atoms with Crippen LogP contribution in [0.2, 0.25) is 10.0 Å². The predicted molar refractivity (Wildman–Crippen MR) is 67.3 cm³/mol. The number of carbonyl (C=O) groups excluding carboxylic acids is 1. The molecule has 4 heteroatoms. The standard InChI is InChI=1S/C12H15Cl2NO/c1-2-3-4-5-6-11(16)12-10(14)7-9(13)8-15-12/h7-8H,2-6H2,1H3. The van der Waals surface area contributed by atoms with Crippen molar-refractivity contribution in [3.05, 3.63) is 28.0 Å². The summed E-state index contributed by atoms with van der Waals surface area (Å²) in [6.45, 7) is 2.14. The van der Waals surface area contributed by atoms with E-state index in [0.29, 0.717) is 22.2 Å². The minimum absolute atomic E-state index is 0.00207. The number of nitrogens with zero attached hydrogens (tertiary/aromatic N) is 1. The third-order valence-electron chi connectivity index (χ3n) is 2.33. The quantitative estimate of drug-likeness (QED) is 0.555. The number of unbranched alkanes of at least 4 members (excludes halogenated alkanes) is 3. The highest BCUT2D eigenvalue weighted by Gasteiger charge is 2.11. The number of Topliss-reactive ketones (excluding diaryl/α,β-unsaturated/α-hetero) is 1. The van der Waals surface area contributed by atoms with Gasteiger partial charge in [-0.05, 0) is 12.5 Å². The van der Waals surface area contributed by atoms with E-state index in [-0.39, 0.29) is 5.78 Å². The molecule has 0 saturated heterocycles. The van der Waals surface area contributed by atoms with Crippen molar-refractivity contribution in [3.8, 4) is 0 Å².